The van der Waals surface area contributed by atoms with E-state index in [0.29, 0.717) is 6.04 Å². The minimum absolute atomic E-state index is 0.351. The van der Waals surface area contributed by atoms with Gasteiger partial charge in [0.05, 0.1) is 6.04 Å². The third-order valence-corrected chi connectivity index (χ3v) is 4.54. The highest BCUT2D eigenvalue weighted by molar-refractivity contribution is 5.43. The first-order valence-electron chi connectivity index (χ1n) is 7.61. The molecule has 0 aliphatic carbocycles. The second-order valence-electron chi connectivity index (χ2n) is 5.87. The van der Waals surface area contributed by atoms with E-state index >= 15 is 0 Å². The number of nitrogens with one attached hydrogen (secondary N) is 1. The van der Waals surface area contributed by atoms with Gasteiger partial charge in [-0.2, -0.15) is 0 Å². The molecule has 1 N–H and O–H groups in total. The summed E-state index contributed by atoms with van der Waals surface area (Å²) >= 11 is 0. The van der Waals surface area contributed by atoms with Crippen LogP contribution in [0.2, 0.25) is 0 Å². The summed E-state index contributed by atoms with van der Waals surface area (Å²) in [6, 6.07) is 14.2. The molecule has 0 bridgehead atoms. The molecular weight excluding hydrogens is 242 g/mol. The van der Waals surface area contributed by atoms with Crippen LogP contribution in [0.15, 0.2) is 36.4 Å². The highest BCUT2D eigenvalue weighted by atomic mass is 14.9. The van der Waals surface area contributed by atoms with Gasteiger partial charge in [-0.15, -0.1) is 0 Å². The summed E-state index contributed by atoms with van der Waals surface area (Å²) in [7, 11) is 0. The number of hydrogen-bond acceptors (Lipinski definition) is 1. The van der Waals surface area contributed by atoms with E-state index in [-0.39, 0.29) is 0 Å². The summed E-state index contributed by atoms with van der Waals surface area (Å²) in [5.74, 6) is 0. The average molecular weight is 265 g/mol. The van der Waals surface area contributed by atoms with Crippen LogP contribution in [0, 0.1) is 13.8 Å². The number of benzene rings is 2. The van der Waals surface area contributed by atoms with Crippen LogP contribution < -0.4 is 5.32 Å². The van der Waals surface area contributed by atoms with Gasteiger partial charge in [-0.05, 0) is 60.1 Å². The molecule has 0 saturated heterocycles. The monoisotopic (exact) mass is 265 g/mol. The SMILES string of the molecule is CCc1ccc2c(c1)C(c1ccc(C)c(C)c1)NCC2. The summed E-state index contributed by atoms with van der Waals surface area (Å²) in [4.78, 5) is 0. The largest absolute Gasteiger partial charge is 0.306 e. The van der Waals surface area contributed by atoms with Crippen LogP contribution in [0.3, 0.4) is 0 Å². The molecule has 1 aliphatic rings. The zero-order valence-corrected chi connectivity index (χ0v) is 12.7. The lowest BCUT2D eigenvalue weighted by Gasteiger charge is -2.28. The lowest BCUT2D eigenvalue weighted by Crippen LogP contribution is -2.30. The minimum Gasteiger partial charge on any atom is -0.306 e. The molecule has 20 heavy (non-hydrogen) atoms. The van der Waals surface area contributed by atoms with E-state index < -0.39 is 0 Å². The number of rotatable bonds is 2. The van der Waals surface area contributed by atoms with Gasteiger partial charge in [-0.25, -0.2) is 0 Å². The lowest BCUT2D eigenvalue weighted by atomic mass is 9.87. The number of aryl methyl sites for hydroxylation is 3. The van der Waals surface area contributed by atoms with Gasteiger partial charge in [0.1, 0.15) is 0 Å². The van der Waals surface area contributed by atoms with E-state index in [1.165, 1.54) is 33.4 Å². The summed E-state index contributed by atoms with van der Waals surface area (Å²) in [6.07, 6.45) is 2.24. The molecule has 0 amide bonds. The van der Waals surface area contributed by atoms with Crippen molar-refractivity contribution in [2.75, 3.05) is 6.54 Å². The maximum Gasteiger partial charge on any atom is 0.0579 e. The van der Waals surface area contributed by atoms with Crippen molar-refractivity contribution in [3.63, 3.8) is 0 Å². The van der Waals surface area contributed by atoms with Crippen LogP contribution in [-0.2, 0) is 12.8 Å². The van der Waals surface area contributed by atoms with Crippen molar-refractivity contribution in [1.29, 1.82) is 0 Å². The highest BCUT2D eigenvalue weighted by Gasteiger charge is 2.21. The molecule has 0 saturated carbocycles. The maximum atomic E-state index is 3.69. The Morgan fingerprint density at radius 2 is 1.90 bits per heavy atom. The summed E-state index contributed by atoms with van der Waals surface area (Å²) in [5, 5.41) is 3.69. The second-order valence-corrected chi connectivity index (χ2v) is 5.87. The van der Waals surface area contributed by atoms with Crippen molar-refractivity contribution < 1.29 is 0 Å². The zero-order valence-electron chi connectivity index (χ0n) is 12.7. The van der Waals surface area contributed by atoms with Gasteiger partial charge < -0.3 is 5.32 Å². The molecule has 0 aromatic heterocycles. The molecule has 0 spiro atoms. The minimum atomic E-state index is 0.351. The van der Waals surface area contributed by atoms with Crippen molar-refractivity contribution in [2.24, 2.45) is 0 Å². The van der Waals surface area contributed by atoms with Gasteiger partial charge in [-0.3, -0.25) is 0 Å². The first-order chi connectivity index (χ1) is 9.69. The predicted molar refractivity (Wildman–Crippen MR) is 85.3 cm³/mol. The molecule has 0 radical (unpaired) electrons. The molecule has 2 aromatic rings. The topological polar surface area (TPSA) is 12.0 Å². The van der Waals surface area contributed by atoms with Crippen LogP contribution >= 0.6 is 0 Å². The van der Waals surface area contributed by atoms with E-state index in [9.17, 15) is 0 Å². The van der Waals surface area contributed by atoms with Crippen LogP contribution in [-0.4, -0.2) is 6.54 Å². The summed E-state index contributed by atoms with van der Waals surface area (Å²) in [6.45, 7) is 7.67. The fourth-order valence-corrected chi connectivity index (χ4v) is 3.06. The molecular formula is C19H23N. The zero-order chi connectivity index (χ0) is 14.1. The van der Waals surface area contributed by atoms with Gasteiger partial charge in [0, 0.05) is 6.54 Å². The third-order valence-electron chi connectivity index (χ3n) is 4.54. The average Bonchev–Trinajstić information content (AvgIpc) is 2.49. The fraction of sp³-hybridized carbons (Fsp3) is 0.368. The van der Waals surface area contributed by atoms with E-state index in [1.54, 1.807) is 0 Å². The van der Waals surface area contributed by atoms with E-state index in [4.69, 9.17) is 0 Å². The molecule has 1 aliphatic heterocycles. The Balaban J connectivity index is 2.06. The fourth-order valence-electron chi connectivity index (χ4n) is 3.06. The molecule has 1 atom stereocenters. The third kappa shape index (κ3) is 2.38. The van der Waals surface area contributed by atoms with E-state index in [0.717, 1.165) is 19.4 Å². The lowest BCUT2D eigenvalue weighted by molar-refractivity contribution is 0.567. The van der Waals surface area contributed by atoms with Crippen molar-refractivity contribution in [3.8, 4) is 0 Å². The Hall–Kier alpha value is -1.60. The number of hydrogen-bond donors (Lipinski definition) is 1. The quantitative estimate of drug-likeness (QED) is 0.862. The normalized spacial score (nSPS) is 17.9. The van der Waals surface area contributed by atoms with Gasteiger partial charge >= 0.3 is 0 Å². The van der Waals surface area contributed by atoms with Crippen molar-refractivity contribution in [2.45, 2.75) is 39.7 Å². The predicted octanol–water partition coefficient (Wildman–Crippen LogP) is 4.10. The van der Waals surface area contributed by atoms with Gasteiger partial charge in [0.15, 0.2) is 0 Å². The molecule has 3 rings (SSSR count). The van der Waals surface area contributed by atoms with Gasteiger partial charge in [0.25, 0.3) is 0 Å². The van der Waals surface area contributed by atoms with Gasteiger partial charge in [-0.1, -0.05) is 43.3 Å². The molecule has 1 heterocycles. The van der Waals surface area contributed by atoms with Crippen LogP contribution in [0.4, 0.5) is 0 Å². The molecule has 1 heteroatoms. The highest BCUT2D eigenvalue weighted by Crippen LogP contribution is 2.30. The Morgan fingerprint density at radius 1 is 1.05 bits per heavy atom. The molecule has 2 aromatic carbocycles. The summed E-state index contributed by atoms with van der Waals surface area (Å²) < 4.78 is 0. The Kier molecular flexibility index (Phi) is 3.62. The maximum absolute atomic E-state index is 3.69. The van der Waals surface area contributed by atoms with E-state index in [1.807, 2.05) is 0 Å². The Labute approximate surface area is 122 Å². The molecule has 104 valence electrons. The second kappa shape index (κ2) is 5.41. The summed E-state index contributed by atoms with van der Waals surface area (Å²) in [5.41, 5.74) is 8.54. The van der Waals surface area contributed by atoms with Crippen LogP contribution in [0.5, 0.6) is 0 Å². The molecule has 1 unspecified atom stereocenters. The van der Waals surface area contributed by atoms with Crippen molar-refractivity contribution >= 4 is 0 Å². The molecule has 0 fully saturated rings. The Bertz CT molecular complexity index is 628. The molecule has 1 nitrogen and oxygen atoms in total. The number of fused-ring (bicyclic) bond motifs is 1. The standard InChI is InChI=1S/C19H23N/c1-4-15-6-8-16-9-10-20-19(18(16)12-15)17-7-5-13(2)14(3)11-17/h5-8,11-12,19-20H,4,9-10H2,1-3H3. The van der Waals surface area contributed by atoms with Gasteiger partial charge in [0.2, 0.25) is 0 Å². The Morgan fingerprint density at radius 3 is 2.65 bits per heavy atom. The van der Waals surface area contributed by atoms with E-state index in [2.05, 4.69) is 62.5 Å². The van der Waals surface area contributed by atoms with Crippen LogP contribution in [0.1, 0.15) is 46.3 Å². The first kappa shape index (κ1) is 13.4. The van der Waals surface area contributed by atoms with Crippen LogP contribution in [0.25, 0.3) is 0 Å². The smallest absolute Gasteiger partial charge is 0.0579 e. The van der Waals surface area contributed by atoms with Crippen molar-refractivity contribution in [3.05, 3.63) is 69.8 Å². The first-order valence-corrected chi connectivity index (χ1v) is 7.61. The van der Waals surface area contributed by atoms with Crippen molar-refractivity contribution in [1.82, 2.24) is 5.32 Å².